The standard InChI is InChI=1S/C12H15IN2O/c1-8-14-7-6-11(15-8)9-2-4-10(5-3-9)12(13)16/h6-7,9-10H,2-5H2,1H3/t9-,10-. The number of carbonyl (C=O) groups is 1. The lowest BCUT2D eigenvalue weighted by Crippen LogP contribution is -2.18. The van der Waals surface area contributed by atoms with Crippen LogP contribution in [0.4, 0.5) is 0 Å². The first kappa shape index (κ1) is 12.0. The Morgan fingerprint density at radius 3 is 2.62 bits per heavy atom. The molecule has 0 N–H and O–H groups in total. The Morgan fingerprint density at radius 1 is 1.38 bits per heavy atom. The van der Waals surface area contributed by atoms with Crippen LogP contribution >= 0.6 is 22.6 Å². The summed E-state index contributed by atoms with van der Waals surface area (Å²) in [5.41, 5.74) is 1.15. The molecule has 0 unspecified atom stereocenters. The van der Waals surface area contributed by atoms with Crippen LogP contribution in [0.3, 0.4) is 0 Å². The average molecular weight is 330 g/mol. The van der Waals surface area contributed by atoms with Gasteiger partial charge in [-0.2, -0.15) is 0 Å². The van der Waals surface area contributed by atoms with Gasteiger partial charge in [-0.05, 0) is 61.3 Å². The minimum absolute atomic E-state index is 0.278. The van der Waals surface area contributed by atoms with Crippen LogP contribution in [0.25, 0.3) is 0 Å². The number of hydrogen-bond donors (Lipinski definition) is 0. The molecule has 1 aromatic rings. The third-order valence-corrected chi connectivity index (χ3v) is 4.14. The van der Waals surface area contributed by atoms with Gasteiger partial charge in [0.05, 0.1) is 0 Å². The van der Waals surface area contributed by atoms with Crippen molar-refractivity contribution in [2.45, 2.75) is 38.5 Å². The minimum atomic E-state index is 0.278. The molecule has 4 heteroatoms. The SMILES string of the molecule is Cc1nccc([C@H]2CC[C@H](C(=O)I)CC2)n1. The summed E-state index contributed by atoms with van der Waals surface area (Å²) < 4.78 is 0.315. The fourth-order valence-electron chi connectivity index (χ4n) is 2.32. The highest BCUT2D eigenvalue weighted by Gasteiger charge is 2.26. The number of halogens is 1. The van der Waals surface area contributed by atoms with Crippen molar-refractivity contribution < 1.29 is 4.79 Å². The summed E-state index contributed by atoms with van der Waals surface area (Å²) in [4.78, 5) is 19.8. The van der Waals surface area contributed by atoms with E-state index in [4.69, 9.17) is 0 Å². The van der Waals surface area contributed by atoms with E-state index in [2.05, 4.69) is 9.97 Å². The predicted molar refractivity (Wildman–Crippen MR) is 70.5 cm³/mol. The first-order valence-electron chi connectivity index (χ1n) is 5.65. The molecule has 16 heavy (non-hydrogen) atoms. The van der Waals surface area contributed by atoms with E-state index < -0.39 is 0 Å². The first-order valence-corrected chi connectivity index (χ1v) is 6.73. The number of hydrogen-bond acceptors (Lipinski definition) is 3. The highest BCUT2D eigenvalue weighted by Crippen LogP contribution is 2.35. The molecule has 3 nitrogen and oxygen atoms in total. The van der Waals surface area contributed by atoms with Gasteiger partial charge in [0.2, 0.25) is 0 Å². The van der Waals surface area contributed by atoms with Crippen molar-refractivity contribution in [3.8, 4) is 0 Å². The van der Waals surface area contributed by atoms with E-state index in [0.29, 0.717) is 9.71 Å². The van der Waals surface area contributed by atoms with Gasteiger partial charge in [-0.25, -0.2) is 9.97 Å². The Hall–Kier alpha value is -0.520. The molecule has 86 valence electrons. The number of rotatable bonds is 2. The maximum Gasteiger partial charge on any atom is 0.195 e. The van der Waals surface area contributed by atoms with Crippen LogP contribution in [0.15, 0.2) is 12.3 Å². The van der Waals surface area contributed by atoms with Crippen molar-refractivity contribution in [2.75, 3.05) is 0 Å². The molecule has 2 rings (SSSR count). The van der Waals surface area contributed by atoms with Gasteiger partial charge in [0, 0.05) is 23.7 Å². The monoisotopic (exact) mass is 330 g/mol. The summed E-state index contributed by atoms with van der Waals surface area (Å²) in [5.74, 6) is 1.64. The largest absolute Gasteiger partial charge is 0.287 e. The van der Waals surface area contributed by atoms with E-state index in [1.165, 1.54) is 0 Å². The fourth-order valence-corrected chi connectivity index (χ4v) is 2.94. The van der Waals surface area contributed by atoms with Crippen LogP contribution in [0.5, 0.6) is 0 Å². The highest BCUT2D eigenvalue weighted by atomic mass is 127. The number of aromatic nitrogens is 2. The molecule has 1 aliphatic carbocycles. The molecular weight excluding hydrogens is 315 g/mol. The van der Waals surface area contributed by atoms with Crippen molar-refractivity contribution in [3.63, 3.8) is 0 Å². The van der Waals surface area contributed by atoms with E-state index in [-0.39, 0.29) is 5.92 Å². The van der Waals surface area contributed by atoms with E-state index in [1.54, 1.807) is 0 Å². The fraction of sp³-hybridized carbons (Fsp3) is 0.583. The predicted octanol–water partition coefficient (Wildman–Crippen LogP) is 3.02. The Labute approximate surface area is 109 Å². The molecule has 0 bridgehead atoms. The Bertz CT molecular complexity index is 386. The minimum Gasteiger partial charge on any atom is -0.287 e. The summed E-state index contributed by atoms with van der Waals surface area (Å²) in [6, 6.07) is 2.00. The number of nitrogens with zero attached hydrogens (tertiary/aromatic N) is 2. The second kappa shape index (κ2) is 5.21. The van der Waals surface area contributed by atoms with Crippen molar-refractivity contribution in [3.05, 3.63) is 23.8 Å². The Kier molecular flexibility index (Phi) is 3.89. The lowest BCUT2D eigenvalue weighted by molar-refractivity contribution is -0.113. The van der Waals surface area contributed by atoms with Gasteiger partial charge < -0.3 is 0 Å². The van der Waals surface area contributed by atoms with Gasteiger partial charge >= 0.3 is 0 Å². The third kappa shape index (κ3) is 2.78. The van der Waals surface area contributed by atoms with Gasteiger partial charge in [0.25, 0.3) is 0 Å². The molecule has 1 fully saturated rings. The quantitative estimate of drug-likeness (QED) is 0.618. The molecule has 1 saturated carbocycles. The summed E-state index contributed by atoms with van der Waals surface area (Å²) >= 11 is 1.92. The van der Waals surface area contributed by atoms with Crippen molar-refractivity contribution in [2.24, 2.45) is 5.92 Å². The molecule has 0 aromatic carbocycles. The molecule has 0 radical (unpaired) electrons. The number of carbonyl (C=O) groups excluding carboxylic acids is 1. The van der Waals surface area contributed by atoms with Crippen molar-refractivity contribution in [1.82, 2.24) is 9.97 Å². The smallest absolute Gasteiger partial charge is 0.195 e. The summed E-state index contributed by atoms with van der Waals surface area (Å²) in [7, 11) is 0. The van der Waals surface area contributed by atoms with Gasteiger partial charge in [-0.3, -0.25) is 4.79 Å². The van der Waals surface area contributed by atoms with Gasteiger partial charge in [-0.1, -0.05) is 0 Å². The maximum atomic E-state index is 11.3. The molecule has 0 spiro atoms. The zero-order valence-corrected chi connectivity index (χ0v) is 11.5. The third-order valence-electron chi connectivity index (χ3n) is 3.26. The van der Waals surface area contributed by atoms with E-state index in [9.17, 15) is 4.79 Å². The molecule has 0 saturated heterocycles. The second-order valence-electron chi connectivity index (χ2n) is 4.38. The molecule has 0 aliphatic heterocycles. The summed E-state index contributed by atoms with van der Waals surface area (Å²) in [5, 5.41) is 0. The molecule has 1 aromatic heterocycles. The zero-order valence-electron chi connectivity index (χ0n) is 9.32. The van der Waals surface area contributed by atoms with Crippen LogP contribution in [0.2, 0.25) is 0 Å². The normalized spacial score (nSPS) is 25.4. The summed E-state index contributed by atoms with van der Waals surface area (Å²) in [6.45, 7) is 1.92. The molecule has 1 heterocycles. The summed E-state index contributed by atoms with van der Waals surface area (Å²) in [6.07, 6.45) is 6.00. The van der Waals surface area contributed by atoms with Gasteiger partial charge in [-0.15, -0.1) is 0 Å². The van der Waals surface area contributed by atoms with Gasteiger partial charge in [0.15, 0.2) is 3.79 Å². The van der Waals surface area contributed by atoms with Crippen LogP contribution in [0.1, 0.15) is 43.1 Å². The van der Waals surface area contributed by atoms with Gasteiger partial charge in [0.1, 0.15) is 5.82 Å². The highest BCUT2D eigenvalue weighted by molar-refractivity contribution is 14.1. The Balaban J connectivity index is 2.01. The molecule has 0 atom stereocenters. The second-order valence-corrected chi connectivity index (χ2v) is 5.44. The van der Waals surface area contributed by atoms with E-state index in [1.807, 2.05) is 41.8 Å². The van der Waals surface area contributed by atoms with E-state index >= 15 is 0 Å². The Morgan fingerprint density at radius 2 is 2.06 bits per heavy atom. The van der Waals surface area contributed by atoms with Crippen molar-refractivity contribution in [1.29, 1.82) is 0 Å². The first-order chi connectivity index (χ1) is 7.66. The van der Waals surface area contributed by atoms with Crippen molar-refractivity contribution >= 4 is 26.4 Å². The van der Waals surface area contributed by atoms with E-state index in [0.717, 1.165) is 37.2 Å². The zero-order chi connectivity index (χ0) is 11.5. The van der Waals surface area contributed by atoms with Crippen LogP contribution in [0, 0.1) is 12.8 Å². The molecular formula is C12H15IN2O. The topological polar surface area (TPSA) is 42.9 Å². The number of aryl methyl sites for hydroxylation is 1. The molecule has 0 amide bonds. The van der Waals surface area contributed by atoms with Crippen LogP contribution in [-0.4, -0.2) is 13.8 Å². The van der Waals surface area contributed by atoms with Crippen LogP contribution < -0.4 is 0 Å². The lowest BCUT2D eigenvalue weighted by atomic mass is 9.81. The van der Waals surface area contributed by atoms with Crippen LogP contribution in [-0.2, 0) is 4.79 Å². The maximum absolute atomic E-state index is 11.3. The molecule has 1 aliphatic rings. The lowest BCUT2D eigenvalue weighted by Gasteiger charge is -2.26. The average Bonchev–Trinajstić information content (AvgIpc) is 2.29.